The molecule has 0 spiro atoms. The smallest absolute Gasteiger partial charge is 0.235 e. The minimum Gasteiger partial charge on any atom is -0.497 e. The molecule has 0 aliphatic carbocycles. The Kier molecular flexibility index (Phi) is 7.75. The molecule has 2 amide bonds. The highest BCUT2D eigenvalue weighted by atomic mass is 35.5. The van der Waals surface area contributed by atoms with Crippen molar-refractivity contribution in [3.8, 4) is 5.75 Å². The lowest BCUT2D eigenvalue weighted by atomic mass is 9.84. The van der Waals surface area contributed by atoms with Gasteiger partial charge in [-0.1, -0.05) is 29.8 Å². The van der Waals surface area contributed by atoms with Crippen molar-refractivity contribution in [3.63, 3.8) is 0 Å². The van der Waals surface area contributed by atoms with Gasteiger partial charge in [-0.25, -0.2) is 0 Å². The molecule has 1 heterocycles. The van der Waals surface area contributed by atoms with Gasteiger partial charge >= 0.3 is 0 Å². The summed E-state index contributed by atoms with van der Waals surface area (Å²) in [7, 11) is 1.56. The first kappa shape index (κ1) is 25.5. The highest BCUT2D eigenvalue weighted by Crippen LogP contribution is 2.40. The summed E-state index contributed by atoms with van der Waals surface area (Å²) in [5.41, 5.74) is 2.70. The van der Waals surface area contributed by atoms with Crippen LogP contribution in [0.15, 0.2) is 72.8 Å². The zero-order valence-corrected chi connectivity index (χ0v) is 21.4. The van der Waals surface area contributed by atoms with Crippen LogP contribution in [0.2, 0.25) is 5.02 Å². The number of nitrogens with zero attached hydrogens (tertiary/aromatic N) is 2. The van der Waals surface area contributed by atoms with Gasteiger partial charge in [0.2, 0.25) is 11.8 Å². The fraction of sp³-hybridized carbons (Fsp3) is 0.276. The number of fused-ring (bicyclic) bond motifs is 1. The first-order chi connectivity index (χ1) is 17.3. The predicted molar refractivity (Wildman–Crippen MR) is 142 cm³/mol. The van der Waals surface area contributed by atoms with E-state index in [4.69, 9.17) is 16.3 Å². The average molecular weight is 505 g/mol. The van der Waals surface area contributed by atoms with Crippen LogP contribution in [0.5, 0.6) is 5.75 Å². The second kappa shape index (κ2) is 11.0. The highest BCUT2D eigenvalue weighted by Gasteiger charge is 2.38. The summed E-state index contributed by atoms with van der Waals surface area (Å²) in [6, 6.07) is 21.1. The SMILES string of the molecule is CCN(C(=O)[C@H]1C[C@H](C)N(C(=O)CC(=O)c2ccc(OC)cc2)c2ccccc21)c1ccc(Cl)cc1. The fourth-order valence-electron chi connectivity index (χ4n) is 4.80. The first-order valence-electron chi connectivity index (χ1n) is 12.0. The molecule has 186 valence electrons. The Labute approximate surface area is 216 Å². The number of carbonyl (C=O) groups excluding carboxylic acids is 3. The van der Waals surface area contributed by atoms with Gasteiger partial charge in [-0.15, -0.1) is 0 Å². The summed E-state index contributed by atoms with van der Waals surface area (Å²) in [6.07, 6.45) is 0.206. The van der Waals surface area contributed by atoms with Crippen LogP contribution >= 0.6 is 11.6 Å². The highest BCUT2D eigenvalue weighted by molar-refractivity contribution is 6.30. The molecular weight excluding hydrogens is 476 g/mol. The summed E-state index contributed by atoms with van der Waals surface area (Å²) in [5, 5.41) is 0.609. The van der Waals surface area contributed by atoms with Gasteiger partial charge in [-0.05, 0) is 80.4 Å². The number of Topliss-reactive ketones (excluding diaryl/α,β-unsaturated/α-hetero) is 1. The molecule has 3 aromatic carbocycles. The molecule has 1 aliphatic heterocycles. The summed E-state index contributed by atoms with van der Waals surface area (Å²) in [5.74, 6) is -0.335. The molecule has 3 aromatic rings. The topological polar surface area (TPSA) is 66.9 Å². The number of ether oxygens (including phenoxy) is 1. The average Bonchev–Trinajstić information content (AvgIpc) is 2.89. The van der Waals surface area contributed by atoms with Gasteiger partial charge in [0.25, 0.3) is 0 Å². The maximum atomic E-state index is 13.7. The third-order valence-corrected chi connectivity index (χ3v) is 6.85. The van der Waals surface area contributed by atoms with Gasteiger partial charge in [0.1, 0.15) is 5.75 Å². The maximum absolute atomic E-state index is 13.7. The van der Waals surface area contributed by atoms with Crippen molar-refractivity contribution in [2.75, 3.05) is 23.5 Å². The van der Waals surface area contributed by atoms with E-state index in [1.165, 1.54) is 0 Å². The van der Waals surface area contributed by atoms with Crippen molar-refractivity contribution in [2.45, 2.75) is 38.6 Å². The number of likely N-dealkylation sites (N-methyl/N-ethyl adjacent to an activating group) is 1. The van der Waals surface area contributed by atoms with Crippen molar-refractivity contribution in [3.05, 3.63) is 88.9 Å². The van der Waals surface area contributed by atoms with Crippen molar-refractivity contribution < 1.29 is 19.1 Å². The molecule has 4 rings (SSSR count). The van der Waals surface area contributed by atoms with E-state index in [0.717, 1.165) is 11.3 Å². The van der Waals surface area contributed by atoms with E-state index in [1.807, 2.05) is 50.2 Å². The monoisotopic (exact) mass is 504 g/mol. The summed E-state index contributed by atoms with van der Waals surface area (Å²) in [4.78, 5) is 43.4. The van der Waals surface area contributed by atoms with E-state index >= 15 is 0 Å². The number of amides is 2. The van der Waals surface area contributed by atoms with E-state index in [0.29, 0.717) is 35.0 Å². The lowest BCUT2D eigenvalue weighted by molar-refractivity contribution is -0.121. The van der Waals surface area contributed by atoms with Crippen molar-refractivity contribution >= 4 is 40.6 Å². The van der Waals surface area contributed by atoms with E-state index < -0.39 is 5.92 Å². The number of methoxy groups -OCH3 is 1. The predicted octanol–water partition coefficient (Wildman–Crippen LogP) is 5.88. The Bertz CT molecular complexity index is 1260. The van der Waals surface area contributed by atoms with Crippen LogP contribution in [0.3, 0.4) is 0 Å². The Morgan fingerprint density at radius 1 is 1.00 bits per heavy atom. The molecule has 36 heavy (non-hydrogen) atoms. The minimum absolute atomic E-state index is 0.0273. The normalized spacial score (nSPS) is 16.7. The van der Waals surface area contributed by atoms with Gasteiger partial charge in [-0.3, -0.25) is 14.4 Å². The molecule has 0 fully saturated rings. The van der Waals surface area contributed by atoms with Gasteiger partial charge < -0.3 is 14.5 Å². The van der Waals surface area contributed by atoms with Crippen LogP contribution in [-0.2, 0) is 9.59 Å². The third kappa shape index (κ3) is 5.14. The molecule has 2 atom stereocenters. The van der Waals surface area contributed by atoms with E-state index in [9.17, 15) is 14.4 Å². The summed E-state index contributed by atoms with van der Waals surface area (Å²) < 4.78 is 5.14. The Morgan fingerprint density at radius 2 is 1.67 bits per heavy atom. The second-order valence-corrected chi connectivity index (χ2v) is 9.28. The number of hydrogen-bond acceptors (Lipinski definition) is 4. The molecule has 6 nitrogen and oxygen atoms in total. The van der Waals surface area contributed by atoms with Crippen molar-refractivity contribution in [1.29, 1.82) is 0 Å². The molecule has 0 unspecified atom stereocenters. The van der Waals surface area contributed by atoms with Gasteiger partial charge in [0.15, 0.2) is 5.78 Å². The number of carbonyl (C=O) groups is 3. The summed E-state index contributed by atoms with van der Waals surface area (Å²) >= 11 is 6.04. The van der Waals surface area contributed by atoms with Crippen LogP contribution in [0.4, 0.5) is 11.4 Å². The first-order valence-corrected chi connectivity index (χ1v) is 12.4. The molecule has 0 bridgehead atoms. The molecule has 1 aliphatic rings. The Morgan fingerprint density at radius 3 is 2.31 bits per heavy atom. The number of benzene rings is 3. The van der Waals surface area contributed by atoms with Crippen LogP contribution in [0.1, 0.15) is 48.5 Å². The zero-order valence-electron chi connectivity index (χ0n) is 20.6. The lowest BCUT2D eigenvalue weighted by Crippen LogP contribution is -2.47. The van der Waals surface area contributed by atoms with Crippen LogP contribution in [0.25, 0.3) is 0 Å². The Hall–Kier alpha value is -3.64. The zero-order chi connectivity index (χ0) is 25.8. The van der Waals surface area contributed by atoms with Gasteiger partial charge in [-0.2, -0.15) is 0 Å². The number of rotatable bonds is 7. The lowest BCUT2D eigenvalue weighted by Gasteiger charge is -2.40. The number of hydrogen-bond donors (Lipinski definition) is 0. The number of para-hydroxylation sites is 1. The molecule has 0 aromatic heterocycles. The second-order valence-electron chi connectivity index (χ2n) is 8.85. The minimum atomic E-state index is -0.409. The van der Waals surface area contributed by atoms with E-state index in [1.54, 1.807) is 53.3 Å². The third-order valence-electron chi connectivity index (χ3n) is 6.60. The molecular formula is C29H29ClN2O4. The Balaban J connectivity index is 1.59. The number of halogens is 1. The quantitative estimate of drug-likeness (QED) is 0.297. The standard InChI is InChI=1S/C29H29ClN2O4/c1-4-31(22-13-11-21(30)12-14-22)29(35)25-17-19(2)32(26-8-6-5-7-24(25)26)28(34)18-27(33)20-9-15-23(36-3)16-10-20/h5-16,19,25H,4,17-18H2,1-3H3/t19-,25-/m0/s1. The largest absolute Gasteiger partial charge is 0.497 e. The van der Waals surface area contributed by atoms with Gasteiger partial charge in [0, 0.05) is 34.5 Å². The number of anilines is 2. The van der Waals surface area contributed by atoms with Crippen molar-refractivity contribution in [1.82, 2.24) is 0 Å². The van der Waals surface area contributed by atoms with Crippen LogP contribution in [0, 0.1) is 0 Å². The molecule has 0 radical (unpaired) electrons. The van der Waals surface area contributed by atoms with Crippen molar-refractivity contribution in [2.24, 2.45) is 0 Å². The molecule has 0 saturated heterocycles. The molecule has 0 N–H and O–H groups in total. The fourth-order valence-corrected chi connectivity index (χ4v) is 4.93. The van der Waals surface area contributed by atoms with E-state index in [-0.39, 0.29) is 30.1 Å². The van der Waals surface area contributed by atoms with Gasteiger partial charge in [0.05, 0.1) is 19.4 Å². The molecule has 0 saturated carbocycles. The van der Waals surface area contributed by atoms with E-state index in [2.05, 4.69) is 0 Å². The van der Waals surface area contributed by atoms with Crippen LogP contribution < -0.4 is 14.5 Å². The number of ketones is 1. The summed E-state index contributed by atoms with van der Waals surface area (Å²) in [6.45, 7) is 4.36. The maximum Gasteiger partial charge on any atom is 0.235 e. The van der Waals surface area contributed by atoms with Crippen LogP contribution in [-0.4, -0.2) is 37.3 Å². The molecule has 7 heteroatoms.